The van der Waals surface area contributed by atoms with Gasteiger partial charge in [0, 0.05) is 32.0 Å². The second-order valence-corrected chi connectivity index (χ2v) is 11.3. The average Bonchev–Trinajstić information content (AvgIpc) is 3.72. The van der Waals surface area contributed by atoms with E-state index in [4.69, 9.17) is 26.1 Å². The molecule has 4 aromatic rings. The molecule has 2 aromatic heterocycles. The van der Waals surface area contributed by atoms with E-state index in [1.54, 1.807) is 32.2 Å². The Morgan fingerprint density at radius 1 is 1.06 bits per heavy atom. The Labute approximate surface area is 276 Å². The smallest absolute Gasteiger partial charge is 0.405 e. The number of phenolic OH excluding ortho intramolecular Hbond substituents is 1. The van der Waals surface area contributed by atoms with E-state index in [-0.39, 0.29) is 43.4 Å². The van der Waals surface area contributed by atoms with Gasteiger partial charge in [0.05, 0.1) is 12.0 Å². The first-order valence-corrected chi connectivity index (χ1v) is 15.3. The minimum Gasteiger partial charge on any atom is -0.508 e. The number of carbonyl (C=O) groups is 3. The molecule has 0 saturated carbocycles. The topological polar surface area (TPSA) is 260 Å². The number of carbonyl (C=O) groups excluding carboxylic acids is 3. The van der Waals surface area contributed by atoms with Crippen LogP contribution in [0.25, 0.3) is 0 Å². The number of guanidine groups is 1. The van der Waals surface area contributed by atoms with Crippen molar-refractivity contribution in [3.05, 3.63) is 94.7 Å². The SMILES string of the molecule is Cc1cc(O)cc(C)c1C[C@H](NC(=O)[C@@H](CCCNC(=N)N)OC(N)=O)C(=O)N[C@@H](Cc1c[nH]cn1)c1nc(Cc2ccccc2)no1. The fourth-order valence-corrected chi connectivity index (χ4v) is 5.21. The van der Waals surface area contributed by atoms with Crippen molar-refractivity contribution in [3.63, 3.8) is 0 Å². The molecule has 2 aromatic carbocycles. The van der Waals surface area contributed by atoms with Crippen LogP contribution in [-0.2, 0) is 33.6 Å². The number of hydrogen-bond acceptors (Lipinski definition) is 10. The molecule has 16 heteroatoms. The Bertz CT molecular complexity index is 1670. The van der Waals surface area contributed by atoms with Gasteiger partial charge in [-0.25, -0.2) is 9.78 Å². The molecule has 10 N–H and O–H groups in total. The van der Waals surface area contributed by atoms with E-state index in [2.05, 4.69) is 36.1 Å². The second-order valence-electron chi connectivity index (χ2n) is 11.3. The molecule has 0 radical (unpaired) electrons. The lowest BCUT2D eigenvalue weighted by Gasteiger charge is -2.25. The number of aryl methyl sites for hydroxylation is 2. The molecule has 4 rings (SSSR count). The summed E-state index contributed by atoms with van der Waals surface area (Å²) in [6.45, 7) is 3.81. The van der Waals surface area contributed by atoms with Crippen molar-refractivity contribution < 1.29 is 28.8 Å². The molecule has 0 fully saturated rings. The van der Waals surface area contributed by atoms with Gasteiger partial charge in [-0.3, -0.25) is 15.0 Å². The molecular weight excluding hydrogens is 620 g/mol. The van der Waals surface area contributed by atoms with Crippen molar-refractivity contribution >= 4 is 23.9 Å². The third-order valence-electron chi connectivity index (χ3n) is 7.50. The summed E-state index contributed by atoms with van der Waals surface area (Å²) in [5.74, 6) is -0.960. The number of nitrogens with two attached hydrogens (primary N) is 2. The fourth-order valence-electron chi connectivity index (χ4n) is 5.21. The maximum atomic E-state index is 14.1. The van der Waals surface area contributed by atoms with Gasteiger partial charge in [0.1, 0.15) is 17.8 Å². The van der Waals surface area contributed by atoms with Crippen LogP contribution in [0.2, 0.25) is 0 Å². The summed E-state index contributed by atoms with van der Waals surface area (Å²) in [5.41, 5.74) is 14.3. The highest BCUT2D eigenvalue weighted by Crippen LogP contribution is 2.23. The van der Waals surface area contributed by atoms with Gasteiger partial charge in [-0.15, -0.1) is 0 Å². The number of rotatable bonds is 16. The van der Waals surface area contributed by atoms with Gasteiger partial charge in [-0.2, -0.15) is 4.98 Å². The zero-order valence-corrected chi connectivity index (χ0v) is 26.7. The molecule has 254 valence electrons. The van der Waals surface area contributed by atoms with Crippen LogP contribution in [0.1, 0.15) is 58.5 Å². The van der Waals surface area contributed by atoms with Crippen LogP contribution in [0, 0.1) is 19.3 Å². The monoisotopic (exact) mass is 660 g/mol. The van der Waals surface area contributed by atoms with Gasteiger partial charge >= 0.3 is 6.09 Å². The Morgan fingerprint density at radius 3 is 2.44 bits per heavy atom. The highest BCUT2D eigenvalue weighted by atomic mass is 16.6. The Kier molecular flexibility index (Phi) is 12.1. The number of aromatic nitrogens is 4. The van der Waals surface area contributed by atoms with Crippen molar-refractivity contribution in [2.45, 2.75) is 64.1 Å². The summed E-state index contributed by atoms with van der Waals surface area (Å²) in [4.78, 5) is 51.0. The van der Waals surface area contributed by atoms with Gasteiger partial charge in [0.15, 0.2) is 17.9 Å². The molecule has 3 atom stereocenters. The largest absolute Gasteiger partial charge is 0.508 e. The fraction of sp³-hybridized carbons (Fsp3) is 0.344. The Hall–Kier alpha value is -5.93. The van der Waals surface area contributed by atoms with Crippen LogP contribution < -0.4 is 27.4 Å². The average molecular weight is 661 g/mol. The van der Waals surface area contributed by atoms with Crippen molar-refractivity contribution in [1.82, 2.24) is 36.1 Å². The minimum atomic E-state index is -1.33. The number of hydrogen-bond donors (Lipinski definition) is 8. The van der Waals surface area contributed by atoms with Gasteiger partial charge in [0.25, 0.3) is 5.91 Å². The number of benzene rings is 2. The van der Waals surface area contributed by atoms with Gasteiger partial charge in [0.2, 0.25) is 11.8 Å². The zero-order valence-electron chi connectivity index (χ0n) is 26.7. The third kappa shape index (κ3) is 10.3. The minimum absolute atomic E-state index is 0.0307. The summed E-state index contributed by atoms with van der Waals surface area (Å²) < 4.78 is 10.7. The van der Waals surface area contributed by atoms with Gasteiger partial charge in [-0.1, -0.05) is 35.5 Å². The van der Waals surface area contributed by atoms with E-state index in [9.17, 15) is 19.5 Å². The van der Waals surface area contributed by atoms with Gasteiger partial charge < -0.3 is 46.8 Å². The first kappa shape index (κ1) is 34.9. The molecule has 0 saturated heterocycles. The van der Waals surface area contributed by atoms with Crippen LogP contribution in [-0.4, -0.2) is 67.8 Å². The first-order valence-electron chi connectivity index (χ1n) is 15.3. The quantitative estimate of drug-likeness (QED) is 0.0486. The molecule has 16 nitrogen and oxygen atoms in total. The number of aromatic hydroxyl groups is 1. The number of nitrogens with zero attached hydrogens (tertiary/aromatic N) is 3. The maximum Gasteiger partial charge on any atom is 0.405 e. The van der Waals surface area contributed by atoms with Crippen molar-refractivity contribution in [2.24, 2.45) is 11.5 Å². The van der Waals surface area contributed by atoms with Crippen LogP contribution >= 0.6 is 0 Å². The predicted molar refractivity (Wildman–Crippen MR) is 174 cm³/mol. The lowest BCUT2D eigenvalue weighted by Crippen LogP contribution is -2.52. The van der Waals surface area contributed by atoms with Crippen LogP contribution in [0.5, 0.6) is 5.75 Å². The molecule has 0 aliphatic rings. The summed E-state index contributed by atoms with van der Waals surface area (Å²) in [5, 5.41) is 29.8. The number of primary amides is 1. The number of ether oxygens (including phenoxy) is 1. The molecule has 0 spiro atoms. The van der Waals surface area contributed by atoms with Crippen molar-refractivity contribution in [1.29, 1.82) is 5.41 Å². The number of nitrogens with one attached hydrogen (secondary N) is 5. The second kappa shape index (κ2) is 16.6. The van der Waals surface area contributed by atoms with Crippen molar-refractivity contribution in [3.8, 4) is 5.75 Å². The molecular formula is C32H40N10O6. The lowest BCUT2D eigenvalue weighted by atomic mass is 9.95. The van der Waals surface area contributed by atoms with Crippen LogP contribution in [0.3, 0.4) is 0 Å². The van der Waals surface area contributed by atoms with E-state index in [0.29, 0.717) is 35.5 Å². The molecule has 0 unspecified atom stereocenters. The summed E-state index contributed by atoms with van der Waals surface area (Å²) >= 11 is 0. The zero-order chi connectivity index (χ0) is 34.6. The van der Waals surface area contributed by atoms with E-state index in [0.717, 1.165) is 11.1 Å². The third-order valence-corrected chi connectivity index (χ3v) is 7.50. The van der Waals surface area contributed by atoms with Crippen molar-refractivity contribution in [2.75, 3.05) is 6.54 Å². The molecule has 2 heterocycles. The van der Waals surface area contributed by atoms with E-state index >= 15 is 0 Å². The highest BCUT2D eigenvalue weighted by Gasteiger charge is 2.31. The number of H-pyrrole nitrogens is 1. The number of amides is 3. The van der Waals surface area contributed by atoms with E-state index in [1.165, 1.54) is 6.33 Å². The number of phenols is 1. The Morgan fingerprint density at radius 2 is 1.79 bits per heavy atom. The summed E-state index contributed by atoms with van der Waals surface area (Å²) in [6, 6.07) is 10.7. The number of imidazole rings is 1. The van der Waals surface area contributed by atoms with Crippen LogP contribution in [0.15, 0.2) is 59.5 Å². The maximum absolute atomic E-state index is 14.1. The van der Waals surface area contributed by atoms with Crippen LogP contribution in [0.4, 0.5) is 4.79 Å². The normalized spacial score (nSPS) is 12.8. The molecule has 0 aliphatic heterocycles. The van der Waals surface area contributed by atoms with Gasteiger partial charge in [-0.05, 0) is 61.1 Å². The summed E-state index contributed by atoms with van der Waals surface area (Å²) in [6.07, 6.45) is 1.66. The highest BCUT2D eigenvalue weighted by molar-refractivity contribution is 5.90. The molecule has 48 heavy (non-hydrogen) atoms. The predicted octanol–water partition coefficient (Wildman–Crippen LogP) is 1.56. The molecule has 0 bridgehead atoms. The van der Waals surface area contributed by atoms with E-state index < -0.39 is 36.1 Å². The summed E-state index contributed by atoms with van der Waals surface area (Å²) in [7, 11) is 0. The first-order chi connectivity index (χ1) is 23.0. The van der Waals surface area contributed by atoms with E-state index in [1.807, 2.05) is 30.3 Å². The molecule has 3 amide bonds. The lowest BCUT2D eigenvalue weighted by molar-refractivity contribution is -0.134. The molecule has 0 aliphatic carbocycles. The Balaban J connectivity index is 1.60. The standard InChI is InChI=1S/C32H40N10O6/c1-18-11-22(43)12-19(2)23(18)15-24(39-29(45)26(47-32(35)46)9-6-10-37-31(33)34)28(44)40-25(14-21-16-36-17-38-21)30-41-27(42-48-30)13-20-7-4-3-5-8-20/h3-5,7-8,11-12,16-17,24-26,43H,6,9-10,13-15H2,1-2H3,(H2,35,46)(H,36,38)(H,39,45)(H,40,44)(H4,33,34,37)/t24-,25-,26+/m0/s1. The number of aromatic amines is 1.